The quantitative estimate of drug-likeness (QED) is 0.621. The Morgan fingerprint density at radius 3 is 2.93 bits per heavy atom. The number of hydrogen-bond acceptors (Lipinski definition) is 5. The van der Waals surface area contributed by atoms with Gasteiger partial charge in [-0.25, -0.2) is 0 Å². The molecule has 0 aliphatic carbocycles. The topological polar surface area (TPSA) is 64.9 Å². The maximum atomic E-state index is 9.88. The lowest BCUT2D eigenvalue weighted by Gasteiger charge is -2.35. The minimum Gasteiger partial charge on any atom is -0.392 e. The predicted molar refractivity (Wildman–Crippen MR) is 65.3 cm³/mol. The van der Waals surface area contributed by atoms with Crippen LogP contribution in [-0.4, -0.2) is 50.5 Å². The zero-order chi connectivity index (χ0) is 11.0. The Labute approximate surface area is 97.9 Å². The minimum atomic E-state index is -0.464. The van der Waals surface area contributed by atoms with E-state index in [1.807, 2.05) is 0 Å². The summed E-state index contributed by atoms with van der Waals surface area (Å²) in [6.45, 7) is 1.74. The van der Waals surface area contributed by atoms with Crippen LogP contribution < -0.4 is 5.32 Å². The molecular formula is C9H16N2O2S2. The van der Waals surface area contributed by atoms with Gasteiger partial charge in [0, 0.05) is 7.05 Å². The lowest BCUT2D eigenvalue weighted by Crippen LogP contribution is -2.46. The third kappa shape index (κ3) is 2.27. The van der Waals surface area contributed by atoms with Gasteiger partial charge in [0.15, 0.2) is 5.17 Å². The highest BCUT2D eigenvalue weighted by molar-refractivity contribution is 8.25. The van der Waals surface area contributed by atoms with E-state index in [-0.39, 0.29) is 11.3 Å². The van der Waals surface area contributed by atoms with Gasteiger partial charge in [-0.05, 0) is 13.3 Å². The van der Waals surface area contributed by atoms with E-state index in [4.69, 9.17) is 0 Å². The first-order valence-corrected chi connectivity index (χ1v) is 6.85. The van der Waals surface area contributed by atoms with E-state index in [9.17, 15) is 10.2 Å². The molecule has 0 aromatic carbocycles. The molecule has 2 fully saturated rings. The van der Waals surface area contributed by atoms with Gasteiger partial charge >= 0.3 is 0 Å². The van der Waals surface area contributed by atoms with Crippen molar-refractivity contribution in [3.8, 4) is 0 Å². The van der Waals surface area contributed by atoms with E-state index in [1.54, 1.807) is 37.5 Å². The van der Waals surface area contributed by atoms with Crippen molar-refractivity contribution >= 4 is 28.7 Å². The maximum Gasteiger partial charge on any atom is 0.157 e. The van der Waals surface area contributed by atoms with E-state index in [0.717, 1.165) is 5.17 Å². The van der Waals surface area contributed by atoms with Crippen LogP contribution in [0.1, 0.15) is 13.3 Å². The lowest BCUT2D eigenvalue weighted by atomic mass is 10.0. The third-order valence-electron chi connectivity index (χ3n) is 2.71. The molecule has 2 heterocycles. The summed E-state index contributed by atoms with van der Waals surface area (Å²) in [6, 6.07) is 0.281. The molecule has 0 aromatic heterocycles. The zero-order valence-electron chi connectivity index (χ0n) is 8.75. The normalized spacial score (nSPS) is 44.9. The number of aliphatic hydroxyl groups is 2. The Bertz CT molecular complexity index is 273. The molecule has 86 valence electrons. The van der Waals surface area contributed by atoms with Crippen LogP contribution >= 0.6 is 23.5 Å². The number of thioether (sulfide) groups is 2. The van der Waals surface area contributed by atoms with E-state index in [1.165, 1.54) is 0 Å². The largest absolute Gasteiger partial charge is 0.392 e. The highest BCUT2D eigenvalue weighted by Gasteiger charge is 2.43. The Balaban J connectivity index is 2.05. The number of fused-ring (bicyclic) bond motifs is 1. The third-order valence-corrected chi connectivity index (χ3v) is 6.04. The second-order valence-corrected chi connectivity index (χ2v) is 6.66. The Hall–Kier alpha value is 0.0900. The first-order valence-electron chi connectivity index (χ1n) is 5.03. The molecule has 5 atom stereocenters. The molecule has 6 heteroatoms. The highest BCUT2D eigenvalue weighted by Crippen LogP contribution is 2.43. The van der Waals surface area contributed by atoms with Gasteiger partial charge in [0.1, 0.15) is 0 Å². The molecule has 0 spiro atoms. The number of aliphatic hydroxyl groups excluding tert-OH is 2. The molecule has 2 rings (SSSR count). The summed E-state index contributed by atoms with van der Waals surface area (Å²) >= 11 is 3.35. The van der Waals surface area contributed by atoms with Crippen LogP contribution in [0.15, 0.2) is 4.99 Å². The van der Waals surface area contributed by atoms with Crippen molar-refractivity contribution < 1.29 is 10.2 Å². The van der Waals surface area contributed by atoms with Crippen LogP contribution in [0.2, 0.25) is 0 Å². The number of nitrogens with zero attached hydrogens (tertiary/aromatic N) is 1. The van der Waals surface area contributed by atoms with Gasteiger partial charge in [0.2, 0.25) is 0 Å². The van der Waals surface area contributed by atoms with Gasteiger partial charge in [-0.3, -0.25) is 4.99 Å². The predicted octanol–water partition coefficient (Wildman–Crippen LogP) is 0.250. The second kappa shape index (κ2) is 4.53. The fourth-order valence-electron chi connectivity index (χ4n) is 1.94. The van der Waals surface area contributed by atoms with Crippen molar-refractivity contribution in [2.45, 2.75) is 41.4 Å². The fraction of sp³-hybridized carbons (Fsp3) is 0.889. The standard InChI is InChI=1S/C9H16N2O2S2/c1-4(12)7-6(13)3-5-8(14-7)15-9(10-2)11-5/h4-8,12-13H,3H2,1-2H3,(H,10,11)/t4-,5+,6-,7+,8+/m0/s1. The molecule has 3 N–H and O–H groups in total. The number of rotatable bonds is 1. The monoisotopic (exact) mass is 248 g/mol. The number of hydrogen-bond donors (Lipinski definition) is 3. The summed E-state index contributed by atoms with van der Waals surface area (Å²) in [5.41, 5.74) is 0. The molecule has 4 nitrogen and oxygen atoms in total. The molecule has 0 aromatic rings. The van der Waals surface area contributed by atoms with Crippen molar-refractivity contribution in [2.75, 3.05) is 7.05 Å². The lowest BCUT2D eigenvalue weighted by molar-refractivity contribution is 0.0843. The van der Waals surface area contributed by atoms with Gasteiger partial charge < -0.3 is 15.5 Å². The first kappa shape index (κ1) is 11.6. The van der Waals surface area contributed by atoms with Crippen LogP contribution in [0.3, 0.4) is 0 Å². The van der Waals surface area contributed by atoms with Crippen LogP contribution in [-0.2, 0) is 0 Å². The Kier molecular flexibility index (Phi) is 3.49. The van der Waals surface area contributed by atoms with Gasteiger partial charge in [-0.1, -0.05) is 11.8 Å². The fourth-order valence-corrected chi connectivity index (χ4v) is 4.91. The van der Waals surface area contributed by atoms with Gasteiger partial charge in [-0.15, -0.1) is 11.8 Å². The smallest absolute Gasteiger partial charge is 0.157 e. The molecule has 2 saturated heterocycles. The maximum absolute atomic E-state index is 9.88. The first-order chi connectivity index (χ1) is 7.11. The van der Waals surface area contributed by atoms with E-state index < -0.39 is 12.2 Å². The SMILES string of the molecule is CN=C1N[C@@H]2C[C@H](O)[C@@H]([C@H](C)O)S[C@@H]2S1. The number of aliphatic imine (C=N–C) groups is 1. The molecule has 0 radical (unpaired) electrons. The van der Waals surface area contributed by atoms with Gasteiger partial charge in [-0.2, -0.15) is 0 Å². The summed E-state index contributed by atoms with van der Waals surface area (Å²) in [6.07, 6.45) is -0.200. The van der Waals surface area contributed by atoms with E-state index in [2.05, 4.69) is 10.3 Å². The van der Waals surface area contributed by atoms with Crippen molar-refractivity contribution in [1.82, 2.24) is 5.32 Å². The summed E-state index contributed by atoms with van der Waals surface area (Å²) in [4.78, 5) is 4.12. The molecule has 2 aliphatic heterocycles. The Morgan fingerprint density at radius 1 is 1.60 bits per heavy atom. The average molecular weight is 248 g/mol. The molecule has 2 aliphatic rings. The molecule has 15 heavy (non-hydrogen) atoms. The van der Waals surface area contributed by atoms with Crippen molar-refractivity contribution in [3.05, 3.63) is 0 Å². The second-order valence-electron chi connectivity index (χ2n) is 3.91. The van der Waals surface area contributed by atoms with Crippen molar-refractivity contribution in [2.24, 2.45) is 4.99 Å². The molecule has 0 saturated carbocycles. The van der Waals surface area contributed by atoms with Crippen LogP contribution in [0.5, 0.6) is 0 Å². The minimum absolute atomic E-state index is 0.0724. The van der Waals surface area contributed by atoms with Crippen molar-refractivity contribution in [1.29, 1.82) is 0 Å². The highest BCUT2D eigenvalue weighted by atomic mass is 32.2. The molecule has 0 amide bonds. The average Bonchev–Trinajstić information content (AvgIpc) is 2.58. The molecule has 0 bridgehead atoms. The zero-order valence-corrected chi connectivity index (χ0v) is 10.4. The van der Waals surface area contributed by atoms with E-state index >= 15 is 0 Å². The summed E-state index contributed by atoms with van der Waals surface area (Å²) in [5.74, 6) is 0. The van der Waals surface area contributed by atoms with Crippen LogP contribution in [0, 0.1) is 0 Å². The summed E-state index contributed by atoms with van der Waals surface area (Å²) in [7, 11) is 1.76. The molecular weight excluding hydrogens is 232 g/mol. The van der Waals surface area contributed by atoms with Crippen molar-refractivity contribution in [3.63, 3.8) is 0 Å². The Morgan fingerprint density at radius 2 is 2.33 bits per heavy atom. The van der Waals surface area contributed by atoms with Gasteiger partial charge in [0.05, 0.1) is 28.1 Å². The number of nitrogens with one attached hydrogen (secondary N) is 1. The van der Waals surface area contributed by atoms with Crippen LogP contribution in [0.25, 0.3) is 0 Å². The summed E-state index contributed by atoms with van der Waals surface area (Å²) in [5, 5.41) is 23.6. The molecule has 0 unspecified atom stereocenters. The summed E-state index contributed by atoms with van der Waals surface area (Å²) < 4.78 is 0.367. The van der Waals surface area contributed by atoms with Crippen LogP contribution in [0.4, 0.5) is 0 Å². The van der Waals surface area contributed by atoms with Gasteiger partial charge in [0.25, 0.3) is 0 Å². The van der Waals surface area contributed by atoms with E-state index in [0.29, 0.717) is 11.0 Å². The number of amidine groups is 1.